The molecule has 6 atom stereocenters. The summed E-state index contributed by atoms with van der Waals surface area (Å²) in [6, 6.07) is 3.26. The molecular weight excluding hydrogens is 571 g/mol. The summed E-state index contributed by atoms with van der Waals surface area (Å²) in [5.41, 5.74) is -0.364. The quantitative estimate of drug-likeness (QED) is 0.293. The van der Waals surface area contributed by atoms with Crippen LogP contribution < -0.4 is 10.6 Å². The van der Waals surface area contributed by atoms with Crippen molar-refractivity contribution in [2.45, 2.75) is 114 Å². The zero-order valence-corrected chi connectivity index (χ0v) is 25.5. The first-order chi connectivity index (χ1) is 20.9. The number of ether oxygens (including phenoxy) is 3. The number of nitrogens with one attached hydrogen (secondary N) is 2. The first-order valence-corrected chi connectivity index (χ1v) is 15.6. The molecule has 4 aliphatic heterocycles. The Morgan fingerprint density at radius 2 is 1.98 bits per heavy atom. The SMILES string of the molecule is CC(C)(C)OC(=O)N[C@H]1CCCCCC=C[C@@H]2C[C@@]23NC(OC3=O)[C@@H]2C[C@@H](OC(=O)N3Cc4cccc(F)c4C3)CN2C1=O. The van der Waals surface area contributed by atoms with E-state index in [2.05, 4.69) is 22.8 Å². The number of hydrogen-bond donors (Lipinski definition) is 2. The van der Waals surface area contributed by atoms with E-state index in [9.17, 15) is 23.6 Å². The fraction of sp³-hybridized carbons (Fsp3) is 0.625. The van der Waals surface area contributed by atoms with E-state index in [1.54, 1.807) is 37.8 Å². The summed E-state index contributed by atoms with van der Waals surface area (Å²) in [6.45, 7) is 5.64. The molecule has 3 fully saturated rings. The van der Waals surface area contributed by atoms with Gasteiger partial charge in [-0.2, -0.15) is 0 Å². The van der Waals surface area contributed by atoms with E-state index >= 15 is 0 Å². The number of alkyl carbamates (subject to hydrolysis) is 1. The highest BCUT2D eigenvalue weighted by molar-refractivity contribution is 5.89. The maximum Gasteiger partial charge on any atom is 0.410 e. The summed E-state index contributed by atoms with van der Waals surface area (Å²) in [4.78, 5) is 56.2. The lowest BCUT2D eigenvalue weighted by Crippen LogP contribution is -2.55. The number of halogens is 1. The van der Waals surface area contributed by atoms with Crippen LogP contribution in [0, 0.1) is 11.7 Å². The summed E-state index contributed by atoms with van der Waals surface area (Å²) < 4.78 is 31.5. The van der Waals surface area contributed by atoms with Crippen molar-refractivity contribution in [1.82, 2.24) is 20.4 Å². The number of hydrogen-bond acceptors (Lipinski definition) is 8. The van der Waals surface area contributed by atoms with E-state index in [4.69, 9.17) is 14.2 Å². The van der Waals surface area contributed by atoms with Crippen molar-refractivity contribution < 1.29 is 37.8 Å². The van der Waals surface area contributed by atoms with Crippen molar-refractivity contribution in [3.05, 3.63) is 47.3 Å². The van der Waals surface area contributed by atoms with Crippen molar-refractivity contribution in [2.75, 3.05) is 6.54 Å². The van der Waals surface area contributed by atoms with Gasteiger partial charge in [0, 0.05) is 24.4 Å². The highest BCUT2D eigenvalue weighted by Gasteiger charge is 2.66. The topological polar surface area (TPSA) is 127 Å². The van der Waals surface area contributed by atoms with Crippen LogP contribution in [-0.2, 0) is 36.9 Å². The van der Waals surface area contributed by atoms with E-state index in [1.807, 2.05) is 0 Å². The summed E-state index contributed by atoms with van der Waals surface area (Å²) in [5.74, 6) is -1.05. The molecule has 0 radical (unpaired) electrons. The second-order valence-corrected chi connectivity index (χ2v) is 13.6. The van der Waals surface area contributed by atoms with Gasteiger partial charge in [0.2, 0.25) is 5.91 Å². The van der Waals surface area contributed by atoms with Crippen LogP contribution in [0.3, 0.4) is 0 Å². The molecule has 1 spiro atoms. The minimum absolute atomic E-state index is 0.0167. The summed E-state index contributed by atoms with van der Waals surface area (Å²) >= 11 is 0. The van der Waals surface area contributed by atoms with Gasteiger partial charge in [0.1, 0.15) is 29.1 Å². The smallest absolute Gasteiger partial charge is 0.410 e. The Morgan fingerprint density at radius 3 is 2.75 bits per heavy atom. The third-order valence-electron chi connectivity index (χ3n) is 9.12. The number of carbonyl (C=O) groups is 4. The molecule has 1 saturated carbocycles. The zero-order chi connectivity index (χ0) is 31.2. The predicted molar refractivity (Wildman–Crippen MR) is 155 cm³/mol. The number of allylic oxidation sites excluding steroid dienone is 1. The van der Waals surface area contributed by atoms with Crippen molar-refractivity contribution in [1.29, 1.82) is 0 Å². The van der Waals surface area contributed by atoms with Crippen molar-refractivity contribution in [3.63, 3.8) is 0 Å². The fourth-order valence-electron chi connectivity index (χ4n) is 6.79. The monoisotopic (exact) mass is 612 g/mol. The molecule has 4 heterocycles. The molecule has 2 N–H and O–H groups in total. The molecule has 11 nitrogen and oxygen atoms in total. The van der Waals surface area contributed by atoms with E-state index in [0.29, 0.717) is 24.8 Å². The molecule has 1 unspecified atom stereocenters. The highest BCUT2D eigenvalue weighted by atomic mass is 19.1. The Bertz CT molecular complexity index is 1360. The number of rotatable bonds is 2. The lowest BCUT2D eigenvalue weighted by Gasteiger charge is -2.32. The minimum atomic E-state index is -0.877. The lowest BCUT2D eigenvalue weighted by atomic mass is 10.0. The Balaban J connectivity index is 1.22. The van der Waals surface area contributed by atoms with Gasteiger partial charge in [0.15, 0.2) is 6.23 Å². The number of benzene rings is 1. The minimum Gasteiger partial charge on any atom is -0.444 e. The molecule has 2 saturated heterocycles. The number of esters is 1. The van der Waals surface area contributed by atoms with E-state index < -0.39 is 47.7 Å². The molecule has 0 aromatic heterocycles. The highest BCUT2D eigenvalue weighted by Crippen LogP contribution is 2.50. The Morgan fingerprint density at radius 1 is 1.16 bits per heavy atom. The molecule has 6 rings (SSSR count). The van der Waals surface area contributed by atoms with Crippen LogP contribution in [0.5, 0.6) is 0 Å². The van der Waals surface area contributed by atoms with Gasteiger partial charge in [-0.1, -0.05) is 37.1 Å². The van der Waals surface area contributed by atoms with Crippen LogP contribution in [0.2, 0.25) is 0 Å². The van der Waals surface area contributed by atoms with Gasteiger partial charge in [-0.25, -0.2) is 18.8 Å². The van der Waals surface area contributed by atoms with Crippen LogP contribution >= 0.6 is 0 Å². The average molecular weight is 613 g/mol. The Labute approximate surface area is 256 Å². The summed E-state index contributed by atoms with van der Waals surface area (Å²) in [7, 11) is 0. The first kappa shape index (κ1) is 30.4. The first-order valence-electron chi connectivity index (χ1n) is 15.6. The van der Waals surface area contributed by atoms with Gasteiger partial charge in [-0.15, -0.1) is 0 Å². The molecule has 5 aliphatic rings. The maximum atomic E-state index is 14.3. The second-order valence-electron chi connectivity index (χ2n) is 13.6. The van der Waals surface area contributed by atoms with Gasteiger partial charge in [0.05, 0.1) is 19.1 Å². The zero-order valence-electron chi connectivity index (χ0n) is 25.5. The molecule has 1 aliphatic carbocycles. The Hall–Kier alpha value is -3.67. The van der Waals surface area contributed by atoms with Crippen LogP contribution in [0.25, 0.3) is 0 Å². The molecule has 44 heavy (non-hydrogen) atoms. The van der Waals surface area contributed by atoms with Gasteiger partial charge in [-0.3, -0.25) is 15.0 Å². The van der Waals surface area contributed by atoms with Crippen LogP contribution in [-0.4, -0.2) is 76.0 Å². The molecule has 1 aromatic carbocycles. The normalized spacial score (nSPS) is 31.7. The fourth-order valence-corrected chi connectivity index (χ4v) is 6.79. The van der Waals surface area contributed by atoms with Gasteiger partial charge >= 0.3 is 18.2 Å². The molecule has 238 valence electrons. The number of nitrogens with zero attached hydrogens (tertiary/aromatic N) is 2. The van der Waals surface area contributed by atoms with Crippen molar-refractivity contribution in [2.24, 2.45) is 5.92 Å². The third-order valence-corrected chi connectivity index (χ3v) is 9.12. The van der Waals surface area contributed by atoms with Gasteiger partial charge < -0.3 is 24.4 Å². The predicted octanol–water partition coefficient (Wildman–Crippen LogP) is 3.89. The molecule has 3 amide bonds. The molecule has 2 bridgehead atoms. The van der Waals surface area contributed by atoms with Crippen LogP contribution in [0.15, 0.2) is 30.4 Å². The van der Waals surface area contributed by atoms with Crippen LogP contribution in [0.1, 0.15) is 76.8 Å². The maximum absolute atomic E-state index is 14.3. The van der Waals surface area contributed by atoms with E-state index in [1.165, 1.54) is 11.0 Å². The average Bonchev–Trinajstić information content (AvgIpc) is 3.24. The number of fused-ring (bicyclic) bond motifs is 4. The molecule has 1 aromatic rings. The lowest BCUT2D eigenvalue weighted by molar-refractivity contribution is -0.148. The van der Waals surface area contributed by atoms with Crippen LogP contribution in [0.4, 0.5) is 14.0 Å². The van der Waals surface area contributed by atoms with Gasteiger partial charge in [-0.05, 0) is 58.1 Å². The second kappa shape index (κ2) is 11.7. The number of carbonyl (C=O) groups excluding carboxylic acids is 4. The molecule has 12 heteroatoms. The van der Waals surface area contributed by atoms with E-state index in [-0.39, 0.29) is 49.7 Å². The third kappa shape index (κ3) is 6.13. The largest absolute Gasteiger partial charge is 0.444 e. The number of amides is 3. The standard InChI is InChI=1S/C32H41FN4O7/c1-31(2,3)44-29(40)34-24-13-8-6-4-5-7-11-20-15-32(20)28(39)43-26(35-32)25-14-21(17-37(25)27(24)38)42-30(41)36-16-19-10-9-12-23(33)22(19)18-36/h7,9-12,20-21,24-26,35H,4-6,8,13-18H2,1-3H3,(H,34,40)/t20-,21-,24+,25+,26?,32-/m1/s1. The molecular formula is C32H41FN4O7. The summed E-state index contributed by atoms with van der Waals surface area (Å²) in [5, 5.41) is 6.13. The van der Waals surface area contributed by atoms with Crippen molar-refractivity contribution >= 4 is 24.1 Å². The van der Waals surface area contributed by atoms with Gasteiger partial charge in [0.25, 0.3) is 0 Å². The summed E-state index contributed by atoms with van der Waals surface area (Å²) in [6.07, 6.45) is 5.98. The van der Waals surface area contributed by atoms with Crippen molar-refractivity contribution in [3.8, 4) is 0 Å². The van der Waals surface area contributed by atoms with E-state index in [0.717, 1.165) is 24.8 Å². The Kier molecular flexibility index (Phi) is 8.06.